The predicted molar refractivity (Wildman–Crippen MR) is 117 cm³/mol. The van der Waals surface area contributed by atoms with Crippen molar-refractivity contribution in [2.75, 3.05) is 16.1 Å². The minimum atomic E-state index is -4.78. The molecule has 1 aromatic heterocycles. The average molecular weight is 479 g/mol. The number of hydroxylamine groups is 1. The molecule has 0 saturated heterocycles. The van der Waals surface area contributed by atoms with Crippen molar-refractivity contribution in [2.45, 2.75) is 6.18 Å². The summed E-state index contributed by atoms with van der Waals surface area (Å²) in [5.41, 5.74) is 5.52. The maximum Gasteiger partial charge on any atom is 0.417 e. The van der Waals surface area contributed by atoms with Gasteiger partial charge >= 0.3 is 12.2 Å². The number of benzene rings is 3. The molecule has 0 radical (unpaired) electrons. The number of amides is 2. The summed E-state index contributed by atoms with van der Waals surface area (Å²) >= 11 is 5.54. The minimum absolute atomic E-state index is 0.0222. The number of nitrogen functional groups attached to an aromatic ring is 1. The molecule has 6 nitrogen and oxygen atoms in total. The van der Waals surface area contributed by atoms with Gasteiger partial charge in [0.05, 0.1) is 27.5 Å². The van der Waals surface area contributed by atoms with Crippen LogP contribution in [0, 0.1) is 5.82 Å². The Balaban J connectivity index is 1.56. The number of urea groups is 1. The van der Waals surface area contributed by atoms with Crippen LogP contribution in [0.25, 0.3) is 16.6 Å². The Bertz CT molecular complexity index is 1370. The van der Waals surface area contributed by atoms with E-state index in [9.17, 15) is 27.6 Å². The van der Waals surface area contributed by atoms with E-state index in [1.807, 2.05) is 0 Å². The fraction of sp³-hybridized carbons (Fsp3) is 0.0455. The average Bonchev–Trinajstić information content (AvgIpc) is 3.15. The number of nitrogens with one attached hydrogen (secondary N) is 1. The highest BCUT2D eigenvalue weighted by molar-refractivity contribution is 6.31. The summed E-state index contributed by atoms with van der Waals surface area (Å²) in [5, 5.41) is 12.5. The molecule has 2 amide bonds. The molecule has 4 rings (SSSR count). The SMILES string of the molecule is Nc1ccc2c(ccn2-c2ccc(NC(=O)N(O)c3ccc(Cl)c(C(F)(F)F)c3)cc2F)c1. The van der Waals surface area contributed by atoms with Gasteiger partial charge in [0.25, 0.3) is 0 Å². The Morgan fingerprint density at radius 1 is 1.06 bits per heavy atom. The van der Waals surface area contributed by atoms with Crippen LogP contribution in [0.2, 0.25) is 5.02 Å². The number of rotatable bonds is 3. The van der Waals surface area contributed by atoms with E-state index in [-0.39, 0.29) is 16.4 Å². The lowest BCUT2D eigenvalue weighted by atomic mass is 10.2. The first-order chi connectivity index (χ1) is 15.5. The third kappa shape index (κ3) is 4.43. The van der Waals surface area contributed by atoms with Crippen molar-refractivity contribution >= 4 is 45.6 Å². The first-order valence-corrected chi connectivity index (χ1v) is 9.75. The summed E-state index contributed by atoms with van der Waals surface area (Å²) in [6, 6.07) is 12.0. The van der Waals surface area contributed by atoms with E-state index in [0.29, 0.717) is 17.3 Å². The van der Waals surface area contributed by atoms with E-state index in [0.717, 1.165) is 23.6 Å². The van der Waals surface area contributed by atoms with Crippen LogP contribution in [0.5, 0.6) is 0 Å². The van der Waals surface area contributed by atoms with Crippen LogP contribution in [-0.2, 0) is 6.18 Å². The zero-order valence-electron chi connectivity index (χ0n) is 16.6. The Morgan fingerprint density at radius 3 is 2.52 bits per heavy atom. The standard InChI is InChI=1S/C22H15ClF4N4O2/c23-17-4-3-15(11-16(17)22(25,26)27)31(33)21(32)29-14-2-6-20(18(24)10-14)30-8-7-12-9-13(28)1-5-19(12)30/h1-11,33H,28H2,(H,29,32). The zero-order valence-corrected chi connectivity index (χ0v) is 17.3. The van der Waals surface area contributed by atoms with Crippen molar-refractivity contribution < 1.29 is 27.6 Å². The van der Waals surface area contributed by atoms with E-state index in [1.54, 1.807) is 35.0 Å². The number of carbonyl (C=O) groups excluding carboxylic acids is 1. The van der Waals surface area contributed by atoms with Crippen molar-refractivity contribution in [3.05, 3.63) is 83.3 Å². The number of nitrogens with two attached hydrogens (primary N) is 1. The molecular formula is C22H15ClF4N4O2. The Kier molecular flexibility index (Phi) is 5.64. The van der Waals surface area contributed by atoms with Crippen LogP contribution >= 0.6 is 11.6 Å². The second kappa shape index (κ2) is 8.30. The topological polar surface area (TPSA) is 83.5 Å². The molecule has 170 valence electrons. The third-order valence-electron chi connectivity index (χ3n) is 4.87. The first-order valence-electron chi connectivity index (χ1n) is 9.38. The molecule has 3 aromatic carbocycles. The fourth-order valence-electron chi connectivity index (χ4n) is 3.31. The molecule has 4 aromatic rings. The molecule has 0 aliphatic rings. The molecule has 11 heteroatoms. The highest BCUT2D eigenvalue weighted by Crippen LogP contribution is 2.37. The predicted octanol–water partition coefficient (Wildman–Crippen LogP) is 6.45. The lowest BCUT2D eigenvalue weighted by Crippen LogP contribution is -2.32. The number of hydrogen-bond donors (Lipinski definition) is 3. The molecule has 0 atom stereocenters. The molecule has 4 N–H and O–H groups in total. The number of carbonyl (C=O) groups is 1. The number of alkyl halides is 3. The van der Waals surface area contributed by atoms with Crippen LogP contribution in [0.1, 0.15) is 5.56 Å². The second-order valence-corrected chi connectivity index (χ2v) is 7.48. The van der Waals surface area contributed by atoms with Gasteiger partial charge in [0.1, 0.15) is 5.82 Å². The van der Waals surface area contributed by atoms with Gasteiger partial charge in [-0.25, -0.2) is 9.18 Å². The number of fused-ring (bicyclic) bond motifs is 1. The maximum absolute atomic E-state index is 14.8. The fourth-order valence-corrected chi connectivity index (χ4v) is 3.53. The summed E-state index contributed by atoms with van der Waals surface area (Å²) in [6.07, 6.45) is -3.12. The number of nitrogens with zero attached hydrogens (tertiary/aromatic N) is 2. The lowest BCUT2D eigenvalue weighted by molar-refractivity contribution is -0.137. The lowest BCUT2D eigenvalue weighted by Gasteiger charge is -2.18. The number of halogens is 5. The van der Waals surface area contributed by atoms with Crippen molar-refractivity contribution in [2.24, 2.45) is 0 Å². The summed E-state index contributed by atoms with van der Waals surface area (Å²) in [6.45, 7) is 0. The van der Waals surface area contributed by atoms with Crippen LogP contribution in [0.15, 0.2) is 66.9 Å². The molecule has 0 bridgehead atoms. The zero-order chi connectivity index (χ0) is 23.9. The quantitative estimate of drug-likeness (QED) is 0.137. The van der Waals surface area contributed by atoms with Crippen molar-refractivity contribution in [3.8, 4) is 5.69 Å². The van der Waals surface area contributed by atoms with Gasteiger partial charge in [-0.1, -0.05) is 11.6 Å². The molecule has 0 spiro atoms. The molecule has 0 aliphatic carbocycles. The van der Waals surface area contributed by atoms with Crippen LogP contribution in [0.3, 0.4) is 0 Å². The largest absolute Gasteiger partial charge is 0.417 e. The van der Waals surface area contributed by atoms with Gasteiger partial charge in [-0.3, -0.25) is 5.21 Å². The van der Waals surface area contributed by atoms with E-state index < -0.39 is 34.3 Å². The molecule has 0 saturated carbocycles. The normalized spacial score (nSPS) is 11.6. The summed E-state index contributed by atoms with van der Waals surface area (Å²) in [7, 11) is 0. The maximum atomic E-state index is 14.8. The van der Waals surface area contributed by atoms with Crippen molar-refractivity contribution in [3.63, 3.8) is 0 Å². The molecule has 0 unspecified atom stereocenters. The van der Waals surface area contributed by atoms with Gasteiger partial charge in [0.2, 0.25) is 0 Å². The molecule has 0 fully saturated rings. The molecule has 0 aliphatic heterocycles. The van der Waals surface area contributed by atoms with Gasteiger partial charge in [0, 0.05) is 23.0 Å². The number of hydrogen-bond acceptors (Lipinski definition) is 3. The third-order valence-corrected chi connectivity index (χ3v) is 5.19. The summed E-state index contributed by atoms with van der Waals surface area (Å²) < 4.78 is 55.5. The second-order valence-electron chi connectivity index (χ2n) is 7.07. The Labute approximate surface area is 189 Å². The Morgan fingerprint density at radius 2 is 1.82 bits per heavy atom. The first kappa shape index (κ1) is 22.4. The number of aromatic nitrogens is 1. The summed E-state index contributed by atoms with van der Waals surface area (Å²) in [5.74, 6) is -0.683. The van der Waals surface area contributed by atoms with Gasteiger partial charge in [-0.15, -0.1) is 0 Å². The van der Waals surface area contributed by atoms with Gasteiger partial charge in [-0.05, 0) is 60.7 Å². The van der Waals surface area contributed by atoms with E-state index in [4.69, 9.17) is 17.3 Å². The van der Waals surface area contributed by atoms with Crippen molar-refractivity contribution in [1.29, 1.82) is 0 Å². The monoisotopic (exact) mass is 478 g/mol. The van der Waals surface area contributed by atoms with E-state index in [2.05, 4.69) is 5.32 Å². The van der Waals surface area contributed by atoms with Crippen LogP contribution < -0.4 is 16.1 Å². The van der Waals surface area contributed by atoms with Crippen LogP contribution in [-0.4, -0.2) is 15.8 Å². The molecule has 33 heavy (non-hydrogen) atoms. The summed E-state index contributed by atoms with van der Waals surface area (Å²) in [4.78, 5) is 12.3. The highest BCUT2D eigenvalue weighted by atomic mass is 35.5. The van der Waals surface area contributed by atoms with Gasteiger partial charge < -0.3 is 15.6 Å². The highest BCUT2D eigenvalue weighted by Gasteiger charge is 2.34. The van der Waals surface area contributed by atoms with Gasteiger partial charge in [0.15, 0.2) is 0 Å². The minimum Gasteiger partial charge on any atom is -0.399 e. The van der Waals surface area contributed by atoms with Gasteiger partial charge in [-0.2, -0.15) is 18.2 Å². The van der Waals surface area contributed by atoms with Crippen molar-refractivity contribution in [1.82, 2.24) is 4.57 Å². The molecule has 1 heterocycles. The van der Waals surface area contributed by atoms with E-state index >= 15 is 0 Å². The van der Waals surface area contributed by atoms with E-state index in [1.165, 1.54) is 12.1 Å². The molecular weight excluding hydrogens is 464 g/mol. The van der Waals surface area contributed by atoms with Crippen LogP contribution in [0.4, 0.5) is 39.4 Å². The smallest absolute Gasteiger partial charge is 0.399 e. The Hall–Kier alpha value is -3.76. The number of anilines is 3.